The Hall–Kier alpha value is -2.30. The molecule has 0 saturated carbocycles. The van der Waals surface area contributed by atoms with Crippen LogP contribution < -0.4 is 0 Å². The molecular formula is C16H13F2NO2. The van der Waals surface area contributed by atoms with Crippen molar-refractivity contribution < 1.29 is 18.7 Å². The van der Waals surface area contributed by atoms with Crippen molar-refractivity contribution >= 4 is 5.78 Å². The molecule has 1 N–H and O–H groups in total. The molecule has 0 unspecified atom stereocenters. The van der Waals surface area contributed by atoms with E-state index in [0.29, 0.717) is 29.8 Å². The fourth-order valence-corrected chi connectivity index (χ4v) is 2.62. The van der Waals surface area contributed by atoms with Gasteiger partial charge < -0.3 is 5.11 Å². The molecule has 0 spiro atoms. The molecule has 5 heteroatoms. The molecule has 1 heterocycles. The van der Waals surface area contributed by atoms with Gasteiger partial charge in [0.25, 0.3) is 0 Å². The predicted molar refractivity (Wildman–Crippen MR) is 73.3 cm³/mol. The highest BCUT2D eigenvalue weighted by molar-refractivity contribution is 5.98. The van der Waals surface area contributed by atoms with Crippen LogP contribution >= 0.6 is 0 Å². The summed E-state index contributed by atoms with van der Waals surface area (Å²) in [5.74, 6) is -2.94. The average Bonchev–Trinajstić information content (AvgIpc) is 2.49. The second-order valence-electron chi connectivity index (χ2n) is 5.16. The summed E-state index contributed by atoms with van der Waals surface area (Å²) in [4.78, 5) is 16.1. The van der Waals surface area contributed by atoms with Gasteiger partial charge in [-0.2, -0.15) is 0 Å². The normalized spacial score (nSPS) is 14.1. The Morgan fingerprint density at radius 1 is 1.19 bits per heavy atom. The van der Waals surface area contributed by atoms with Gasteiger partial charge in [0.05, 0.1) is 11.4 Å². The summed E-state index contributed by atoms with van der Waals surface area (Å²) in [6, 6.07) is 4.30. The number of phenolic OH excluding ortho intramolecular Hbond substituents is 1. The molecule has 0 bridgehead atoms. The summed E-state index contributed by atoms with van der Waals surface area (Å²) in [6.45, 7) is 1.45. The van der Waals surface area contributed by atoms with Crippen LogP contribution in [0.4, 0.5) is 8.78 Å². The minimum atomic E-state index is -1.02. The molecule has 1 aromatic carbocycles. The van der Waals surface area contributed by atoms with Gasteiger partial charge in [-0.25, -0.2) is 8.78 Å². The first-order chi connectivity index (χ1) is 9.99. The highest BCUT2D eigenvalue weighted by atomic mass is 19.1. The van der Waals surface area contributed by atoms with Gasteiger partial charge in [-0.05, 0) is 43.5 Å². The lowest BCUT2D eigenvalue weighted by Crippen LogP contribution is -2.12. The van der Waals surface area contributed by atoms with Crippen molar-refractivity contribution in [3.63, 3.8) is 0 Å². The van der Waals surface area contributed by atoms with E-state index in [1.165, 1.54) is 6.92 Å². The van der Waals surface area contributed by atoms with E-state index in [-0.39, 0.29) is 16.9 Å². The summed E-state index contributed by atoms with van der Waals surface area (Å²) in [5.41, 5.74) is 2.06. The summed E-state index contributed by atoms with van der Waals surface area (Å²) in [5, 5.41) is 9.27. The highest BCUT2D eigenvalue weighted by Gasteiger charge is 2.21. The number of aromatic hydroxyl groups is 1. The molecule has 2 aromatic rings. The number of hydrogen-bond acceptors (Lipinski definition) is 3. The van der Waals surface area contributed by atoms with Gasteiger partial charge >= 0.3 is 0 Å². The van der Waals surface area contributed by atoms with Gasteiger partial charge in [0, 0.05) is 17.5 Å². The van der Waals surface area contributed by atoms with Gasteiger partial charge in [0.15, 0.2) is 23.2 Å². The molecule has 0 fully saturated rings. The van der Waals surface area contributed by atoms with Gasteiger partial charge in [-0.3, -0.25) is 9.78 Å². The smallest absolute Gasteiger partial charge is 0.188 e. The van der Waals surface area contributed by atoms with Crippen LogP contribution in [0.25, 0.3) is 11.3 Å². The molecule has 0 aliphatic heterocycles. The van der Waals surface area contributed by atoms with Crippen LogP contribution in [0.2, 0.25) is 0 Å². The molecule has 0 radical (unpaired) electrons. The third kappa shape index (κ3) is 2.18. The number of hydrogen-bond donors (Lipinski definition) is 1. The Balaban J connectivity index is 2.16. The number of carbonyl (C=O) groups excluding carboxylic acids is 1. The number of fused-ring (bicyclic) bond motifs is 1. The summed E-state index contributed by atoms with van der Waals surface area (Å²) >= 11 is 0. The maximum atomic E-state index is 13.8. The lowest BCUT2D eigenvalue weighted by Gasteiger charge is -2.15. The van der Waals surface area contributed by atoms with Gasteiger partial charge in [-0.15, -0.1) is 0 Å². The van der Waals surface area contributed by atoms with E-state index < -0.39 is 17.4 Å². The third-order valence-corrected chi connectivity index (χ3v) is 3.81. The Morgan fingerprint density at radius 2 is 1.95 bits per heavy atom. The molecule has 3 rings (SSSR count). The molecule has 3 nitrogen and oxygen atoms in total. The topological polar surface area (TPSA) is 50.2 Å². The van der Waals surface area contributed by atoms with Crippen molar-refractivity contribution in [1.82, 2.24) is 4.98 Å². The van der Waals surface area contributed by atoms with E-state index in [4.69, 9.17) is 0 Å². The SMILES string of the molecule is Cc1c(-c2ccc3c(n2)CCCC3=O)cc(F)c(O)c1F. The fourth-order valence-electron chi connectivity index (χ4n) is 2.62. The van der Waals surface area contributed by atoms with E-state index in [2.05, 4.69) is 4.98 Å². The first-order valence-corrected chi connectivity index (χ1v) is 6.70. The van der Waals surface area contributed by atoms with Crippen LogP contribution in [-0.4, -0.2) is 15.9 Å². The molecule has 1 aliphatic rings. The van der Waals surface area contributed by atoms with E-state index in [9.17, 15) is 18.7 Å². The van der Waals surface area contributed by atoms with Gasteiger partial charge in [0.1, 0.15) is 0 Å². The number of ketones is 1. The number of aryl methyl sites for hydroxylation is 1. The summed E-state index contributed by atoms with van der Waals surface area (Å²) < 4.78 is 27.3. The number of pyridine rings is 1. The third-order valence-electron chi connectivity index (χ3n) is 3.81. The lowest BCUT2D eigenvalue weighted by molar-refractivity contribution is 0.0971. The zero-order valence-corrected chi connectivity index (χ0v) is 11.4. The largest absolute Gasteiger partial charge is 0.503 e. The second-order valence-corrected chi connectivity index (χ2v) is 5.16. The maximum Gasteiger partial charge on any atom is 0.188 e. The molecule has 0 amide bonds. The van der Waals surface area contributed by atoms with Crippen LogP contribution in [0, 0.1) is 18.6 Å². The molecule has 108 valence electrons. The predicted octanol–water partition coefficient (Wildman–Crippen LogP) is 3.56. The minimum absolute atomic E-state index is 0.0510. The minimum Gasteiger partial charge on any atom is -0.503 e. The molecule has 0 atom stereocenters. The molecule has 1 aromatic heterocycles. The Morgan fingerprint density at radius 3 is 2.71 bits per heavy atom. The Labute approximate surface area is 120 Å². The Bertz CT molecular complexity index is 756. The van der Waals surface area contributed by atoms with Crippen LogP contribution in [0.15, 0.2) is 18.2 Å². The zero-order valence-electron chi connectivity index (χ0n) is 11.4. The molecule has 1 aliphatic carbocycles. The molecule has 0 saturated heterocycles. The highest BCUT2D eigenvalue weighted by Crippen LogP contribution is 2.32. The van der Waals surface area contributed by atoms with Crippen molar-refractivity contribution in [2.75, 3.05) is 0 Å². The Kier molecular flexibility index (Phi) is 3.20. The van der Waals surface area contributed by atoms with Gasteiger partial charge in [0.2, 0.25) is 0 Å². The fraction of sp³-hybridized carbons (Fsp3) is 0.250. The number of nitrogens with zero attached hydrogens (tertiary/aromatic N) is 1. The van der Waals surface area contributed by atoms with Crippen molar-refractivity contribution in [1.29, 1.82) is 0 Å². The summed E-state index contributed by atoms with van der Waals surface area (Å²) in [7, 11) is 0. The van der Waals surface area contributed by atoms with Crippen molar-refractivity contribution in [2.24, 2.45) is 0 Å². The number of rotatable bonds is 1. The van der Waals surface area contributed by atoms with Crippen LogP contribution in [0.3, 0.4) is 0 Å². The van der Waals surface area contributed by atoms with E-state index in [1.807, 2.05) is 0 Å². The van der Waals surface area contributed by atoms with Gasteiger partial charge in [-0.1, -0.05) is 0 Å². The number of aromatic nitrogens is 1. The molecular weight excluding hydrogens is 276 g/mol. The van der Waals surface area contributed by atoms with Crippen molar-refractivity contribution in [2.45, 2.75) is 26.2 Å². The van der Waals surface area contributed by atoms with Crippen LogP contribution in [0.5, 0.6) is 5.75 Å². The quantitative estimate of drug-likeness (QED) is 0.873. The monoisotopic (exact) mass is 289 g/mol. The average molecular weight is 289 g/mol. The number of benzene rings is 1. The second kappa shape index (κ2) is 4.91. The number of halogens is 2. The first-order valence-electron chi connectivity index (χ1n) is 6.70. The number of carbonyl (C=O) groups is 1. The zero-order chi connectivity index (χ0) is 15.1. The van der Waals surface area contributed by atoms with Crippen molar-refractivity contribution in [3.8, 4) is 17.0 Å². The lowest BCUT2D eigenvalue weighted by atomic mass is 9.93. The number of Topliss-reactive ketones (excluding diaryl/α,β-unsaturated/α-hetero) is 1. The first kappa shape index (κ1) is 13.7. The molecule has 21 heavy (non-hydrogen) atoms. The number of phenols is 1. The van der Waals surface area contributed by atoms with Crippen LogP contribution in [-0.2, 0) is 6.42 Å². The van der Waals surface area contributed by atoms with Crippen LogP contribution in [0.1, 0.15) is 34.5 Å². The van der Waals surface area contributed by atoms with E-state index in [1.54, 1.807) is 12.1 Å². The standard InChI is InChI=1S/C16H13F2NO2/c1-8-10(7-11(17)16(21)15(8)18)13-6-5-9-12(19-13)3-2-4-14(9)20/h5-7,21H,2-4H2,1H3. The van der Waals surface area contributed by atoms with E-state index >= 15 is 0 Å². The van der Waals surface area contributed by atoms with Crippen molar-refractivity contribution in [3.05, 3.63) is 46.7 Å². The summed E-state index contributed by atoms with van der Waals surface area (Å²) in [6.07, 6.45) is 1.92. The van der Waals surface area contributed by atoms with E-state index in [0.717, 1.165) is 12.5 Å². The maximum absolute atomic E-state index is 13.8.